The highest BCUT2D eigenvalue weighted by Crippen LogP contribution is 2.45. The number of nitrogens with two attached hydrogens (primary N) is 2. The van der Waals surface area contributed by atoms with E-state index >= 15 is 0 Å². The van der Waals surface area contributed by atoms with Gasteiger partial charge in [-0.1, -0.05) is 112 Å². The van der Waals surface area contributed by atoms with Crippen LogP contribution in [0.2, 0.25) is 5.02 Å². The minimum atomic E-state index is -0.938. The van der Waals surface area contributed by atoms with E-state index in [9.17, 15) is 19.2 Å². The largest absolute Gasteiger partial charge is 0.493 e. The van der Waals surface area contributed by atoms with Crippen molar-refractivity contribution in [3.63, 3.8) is 0 Å². The predicted octanol–water partition coefficient (Wildman–Crippen LogP) is 7.09. The third-order valence-corrected chi connectivity index (χ3v) is 12.1. The molecule has 0 bridgehead atoms. The van der Waals surface area contributed by atoms with Gasteiger partial charge in [-0.2, -0.15) is 0 Å². The average Bonchev–Trinajstić information content (AvgIpc) is 3.30. The number of Topliss-reactive ketones (excluding diaryl/α,β-unsaturated/α-hetero) is 2. The molecule has 13 heteroatoms. The summed E-state index contributed by atoms with van der Waals surface area (Å²) in [6.45, 7) is 9.63. The van der Waals surface area contributed by atoms with Gasteiger partial charge in [0, 0.05) is 34.9 Å². The van der Waals surface area contributed by atoms with Gasteiger partial charge in [-0.25, -0.2) is 0 Å². The lowest BCUT2D eigenvalue weighted by Crippen LogP contribution is -2.78. The number of hydrogen-bond donors (Lipinski definition) is 5. The summed E-state index contributed by atoms with van der Waals surface area (Å²) in [7, 11) is 0. The van der Waals surface area contributed by atoms with Gasteiger partial charge in [0.2, 0.25) is 5.91 Å². The van der Waals surface area contributed by atoms with Crippen molar-refractivity contribution in [3.05, 3.63) is 108 Å². The molecule has 5 aromatic carbocycles. The monoisotopic (exact) mass is 935 g/mol. The maximum atomic E-state index is 14.3. The van der Waals surface area contributed by atoms with E-state index < -0.39 is 29.8 Å². The summed E-state index contributed by atoms with van der Waals surface area (Å²) in [5, 5.41) is 7.56. The second kappa shape index (κ2) is 26.4. The molecule has 12 nitrogen and oxygen atoms in total. The summed E-state index contributed by atoms with van der Waals surface area (Å²) < 4.78 is 18.7. The number of ketones is 2. The van der Waals surface area contributed by atoms with Gasteiger partial charge in [-0.3, -0.25) is 35.6 Å². The highest BCUT2D eigenvalue weighted by Gasteiger charge is 2.32. The van der Waals surface area contributed by atoms with Crippen molar-refractivity contribution < 1.29 is 44.1 Å². The molecule has 0 aliphatic carbocycles. The number of halogens is 1. The quantitative estimate of drug-likeness (QED) is 0.0150. The molecule has 0 fully saturated rings. The lowest BCUT2D eigenvalue weighted by molar-refractivity contribution is -0.459. The number of benzene rings is 5. The van der Waals surface area contributed by atoms with E-state index in [0.29, 0.717) is 62.1 Å². The molecule has 9 N–H and O–H groups in total. The Labute approximate surface area is 400 Å². The summed E-state index contributed by atoms with van der Waals surface area (Å²) in [5.74, 6) is -1.09. The Morgan fingerprint density at radius 3 is 1.93 bits per heavy atom. The van der Waals surface area contributed by atoms with Crippen LogP contribution in [0.5, 0.6) is 11.5 Å². The van der Waals surface area contributed by atoms with Gasteiger partial charge >= 0.3 is 11.9 Å². The number of hydrogen-bond acceptors (Lipinski definition) is 7. The van der Waals surface area contributed by atoms with Gasteiger partial charge in [0.1, 0.15) is 24.7 Å². The summed E-state index contributed by atoms with van der Waals surface area (Å²) in [6.07, 6.45) is 3.61. The second-order valence-corrected chi connectivity index (χ2v) is 18.7. The van der Waals surface area contributed by atoms with Crippen molar-refractivity contribution in [2.45, 2.75) is 98.1 Å². The molecule has 0 spiro atoms. The third kappa shape index (κ3) is 16.1. The smallest absolute Gasteiger partial charge is 0.338 e. The van der Waals surface area contributed by atoms with E-state index in [1.54, 1.807) is 24.3 Å². The second-order valence-electron chi connectivity index (χ2n) is 18.2. The van der Waals surface area contributed by atoms with Crippen LogP contribution in [0.25, 0.3) is 32.7 Å². The fraction of sp³-hybridized carbons (Fsp3) is 0.426. The van der Waals surface area contributed by atoms with Gasteiger partial charge in [0.25, 0.3) is 0 Å². The molecule has 67 heavy (non-hydrogen) atoms. The molecule has 5 rings (SSSR count). The molecule has 0 unspecified atom stereocenters. The summed E-state index contributed by atoms with van der Waals surface area (Å²) in [6, 6.07) is 30.2. The molecule has 0 aliphatic rings. The van der Waals surface area contributed by atoms with Crippen molar-refractivity contribution in [2.24, 2.45) is 35.1 Å². The molecule has 0 aliphatic heterocycles. The summed E-state index contributed by atoms with van der Waals surface area (Å²) >= 11 is 6.04. The Morgan fingerprint density at radius 2 is 1.33 bits per heavy atom. The van der Waals surface area contributed by atoms with E-state index in [0.717, 1.165) is 56.8 Å². The van der Waals surface area contributed by atoms with E-state index in [-0.39, 0.29) is 55.9 Å². The molecule has 5 aromatic rings. The van der Waals surface area contributed by atoms with Crippen molar-refractivity contribution in [1.29, 1.82) is 0 Å². The molecule has 0 heterocycles. The molecule has 358 valence electrons. The molecular weight excluding hydrogens is 866 g/mol. The van der Waals surface area contributed by atoms with Crippen LogP contribution in [0.15, 0.2) is 97.1 Å². The summed E-state index contributed by atoms with van der Waals surface area (Å²) in [4.78, 5) is 58.9. The zero-order valence-corrected chi connectivity index (χ0v) is 40.4. The number of guanidine groups is 1. The van der Waals surface area contributed by atoms with Crippen molar-refractivity contribution >= 4 is 62.5 Å². The minimum absolute atomic E-state index is 0.0353. The molecule has 1 amide bonds. The fourth-order valence-electron chi connectivity index (χ4n) is 8.26. The summed E-state index contributed by atoms with van der Waals surface area (Å²) in [5.41, 5.74) is 17.7. The Kier molecular flexibility index (Phi) is 20.5. The minimum Gasteiger partial charge on any atom is -0.493 e. The molecular formula is C54H70ClN5O7+2. The number of carbonyl (C=O) groups is 4. The Morgan fingerprint density at radius 1 is 0.701 bits per heavy atom. The standard InChI is InChI=1S/C54H68ClN5O7/c1-35(2)26-29-65-48-24-20-38-12-5-7-15-44(38)50(48)51-45-16-8-6-13-39(45)21-25-49(51)66-34-43(61)31-40(14-9-10-27-56)52(63)60-46(17-11-28-59-54(57)58)47(62)32-41(30-36(3)4)53(64)67-33-37-18-22-42(55)23-19-37/h5-8,12-13,15-16,18-25,35-36,40-41,46H,9-11,14,17,26-34,56H2,1-4H3,(H,60,63)(H4,57,58,59)/p+2/t40-,41+,46+/m0/s1. The number of nitrogens with one attached hydrogen (secondary N) is 2. The highest BCUT2D eigenvalue weighted by molar-refractivity contribution is 6.30. The SMILES string of the molecule is CC(C)CCOc1ccc2ccccc2c1-c1c(OCC(=O)C[C@H](CCCC[NH3+])C(=O)N[C@H](CCC[NH+]=C(N)N)C(=O)C[C@@H](CC(C)C)C(=O)OCc2ccc(Cl)cc2)ccc2ccccc12. The number of fused-ring (bicyclic) bond motifs is 2. The van der Waals surface area contributed by atoms with Gasteiger partial charge in [-0.15, -0.1) is 0 Å². The highest BCUT2D eigenvalue weighted by atomic mass is 35.5. The van der Waals surface area contributed by atoms with Crippen LogP contribution in [0, 0.1) is 23.7 Å². The van der Waals surface area contributed by atoms with Crippen LogP contribution < -0.4 is 37.0 Å². The lowest BCUT2D eigenvalue weighted by atomic mass is 9.89. The topological polar surface area (TPSA) is 202 Å². The molecule has 3 atom stereocenters. The maximum absolute atomic E-state index is 14.3. The number of esters is 1. The van der Waals surface area contributed by atoms with Gasteiger partial charge in [-0.05, 0) is 108 Å². The molecule has 0 aromatic heterocycles. The first kappa shape index (κ1) is 52.0. The van der Waals surface area contributed by atoms with Crippen molar-refractivity contribution in [1.82, 2.24) is 5.32 Å². The van der Waals surface area contributed by atoms with E-state index in [1.165, 1.54) is 0 Å². The number of amides is 1. The lowest BCUT2D eigenvalue weighted by Gasteiger charge is -2.24. The van der Waals surface area contributed by atoms with E-state index in [2.05, 4.69) is 48.1 Å². The average molecular weight is 937 g/mol. The van der Waals surface area contributed by atoms with Gasteiger partial charge < -0.3 is 25.3 Å². The van der Waals surface area contributed by atoms with Crippen LogP contribution >= 0.6 is 11.6 Å². The Balaban J connectivity index is 1.37. The predicted molar refractivity (Wildman–Crippen MR) is 266 cm³/mol. The molecule has 0 saturated heterocycles. The molecule has 0 saturated carbocycles. The molecule has 0 radical (unpaired) electrons. The maximum Gasteiger partial charge on any atom is 0.338 e. The van der Waals surface area contributed by atoms with Crippen LogP contribution in [0.4, 0.5) is 0 Å². The third-order valence-electron chi connectivity index (χ3n) is 11.8. The fourth-order valence-corrected chi connectivity index (χ4v) is 8.39. The zero-order valence-electron chi connectivity index (χ0n) is 39.6. The van der Waals surface area contributed by atoms with Crippen LogP contribution in [0.1, 0.15) is 91.0 Å². The van der Waals surface area contributed by atoms with Crippen molar-refractivity contribution in [2.75, 3.05) is 26.3 Å². The van der Waals surface area contributed by atoms with E-state index in [1.807, 2.05) is 68.4 Å². The first-order valence-corrected chi connectivity index (χ1v) is 24.1. The van der Waals surface area contributed by atoms with Crippen LogP contribution in [-0.2, 0) is 30.5 Å². The Hall–Kier alpha value is -5.98. The number of carbonyl (C=O) groups excluding carboxylic acids is 4. The number of rotatable bonds is 28. The van der Waals surface area contributed by atoms with Gasteiger partial charge in [0.15, 0.2) is 11.6 Å². The number of unbranched alkanes of at least 4 members (excludes halogenated alkanes) is 1. The first-order valence-electron chi connectivity index (χ1n) is 23.7. The zero-order chi connectivity index (χ0) is 48.3. The normalized spacial score (nSPS) is 12.7. The van der Waals surface area contributed by atoms with Crippen LogP contribution in [-0.4, -0.2) is 61.7 Å². The number of ether oxygens (including phenoxy) is 3. The first-order chi connectivity index (χ1) is 32.2. The van der Waals surface area contributed by atoms with Crippen LogP contribution in [0.3, 0.4) is 0 Å². The Bertz CT molecular complexity index is 2450. The van der Waals surface area contributed by atoms with Gasteiger partial charge in [0.05, 0.1) is 31.7 Å². The number of quaternary nitrogens is 1. The van der Waals surface area contributed by atoms with Crippen molar-refractivity contribution in [3.8, 4) is 22.6 Å². The van der Waals surface area contributed by atoms with E-state index in [4.69, 9.17) is 37.3 Å².